The molecule has 0 fully saturated rings. The van der Waals surface area contributed by atoms with Crippen LogP contribution < -0.4 is 10.1 Å². The van der Waals surface area contributed by atoms with Crippen LogP contribution in [0, 0.1) is 0 Å². The molecule has 1 heterocycles. The van der Waals surface area contributed by atoms with Crippen molar-refractivity contribution in [1.82, 2.24) is 10.3 Å². The quantitative estimate of drug-likeness (QED) is 0.641. The number of amides is 1. The first-order valence-corrected chi connectivity index (χ1v) is 8.26. The molecule has 0 aliphatic heterocycles. The minimum atomic E-state index is -0.439. The van der Waals surface area contributed by atoms with Gasteiger partial charge in [0.25, 0.3) is 5.91 Å². The van der Waals surface area contributed by atoms with Gasteiger partial charge in [-0.05, 0) is 29.3 Å². The number of aromatic amines is 1. The largest absolute Gasteiger partial charge is 0.497 e. The van der Waals surface area contributed by atoms with Crippen molar-refractivity contribution >= 4 is 22.8 Å². The highest BCUT2D eigenvalue weighted by Crippen LogP contribution is 2.18. The minimum absolute atomic E-state index is 0.118. The van der Waals surface area contributed by atoms with Crippen molar-refractivity contribution in [3.63, 3.8) is 0 Å². The molecule has 0 saturated carbocycles. The van der Waals surface area contributed by atoms with Gasteiger partial charge in [0, 0.05) is 23.6 Å². The number of rotatable bonds is 7. The molecule has 3 rings (SSSR count). The molecular weight excluding hydrogens is 332 g/mol. The first kappa shape index (κ1) is 17.5. The zero-order valence-corrected chi connectivity index (χ0v) is 14.5. The molecule has 2 aromatic carbocycles. The standard InChI is InChI=1S/C20H20N2O4/c1-25-16-6-4-5-14(9-16)11-22-19(23)13-26-20(24)10-15-12-21-18-8-3-2-7-17(15)18/h2-9,12,21H,10-11,13H2,1H3,(H,22,23). The first-order valence-electron chi connectivity index (χ1n) is 8.26. The van der Waals surface area contributed by atoms with Gasteiger partial charge in [-0.25, -0.2) is 0 Å². The average Bonchev–Trinajstić information content (AvgIpc) is 3.08. The summed E-state index contributed by atoms with van der Waals surface area (Å²) in [5.74, 6) is -0.0618. The second-order valence-corrected chi connectivity index (χ2v) is 5.83. The van der Waals surface area contributed by atoms with Gasteiger partial charge in [0.1, 0.15) is 5.75 Å². The Morgan fingerprint density at radius 3 is 2.81 bits per heavy atom. The Balaban J connectivity index is 1.46. The van der Waals surface area contributed by atoms with Crippen molar-refractivity contribution in [2.45, 2.75) is 13.0 Å². The molecule has 6 heteroatoms. The van der Waals surface area contributed by atoms with Gasteiger partial charge in [0.05, 0.1) is 13.5 Å². The van der Waals surface area contributed by atoms with E-state index in [1.807, 2.05) is 48.5 Å². The van der Waals surface area contributed by atoms with E-state index in [2.05, 4.69) is 10.3 Å². The van der Waals surface area contributed by atoms with Crippen molar-refractivity contribution in [1.29, 1.82) is 0 Å². The molecule has 0 bridgehead atoms. The van der Waals surface area contributed by atoms with Crippen molar-refractivity contribution in [2.75, 3.05) is 13.7 Å². The number of H-pyrrole nitrogens is 1. The third-order valence-corrected chi connectivity index (χ3v) is 4.00. The number of hydrogen-bond donors (Lipinski definition) is 2. The van der Waals surface area contributed by atoms with Crippen molar-refractivity contribution in [3.05, 3.63) is 65.9 Å². The number of benzene rings is 2. The Morgan fingerprint density at radius 1 is 1.12 bits per heavy atom. The van der Waals surface area contributed by atoms with Gasteiger partial charge in [0.2, 0.25) is 0 Å². The number of esters is 1. The number of aromatic nitrogens is 1. The number of fused-ring (bicyclic) bond motifs is 1. The molecule has 0 saturated heterocycles. The number of methoxy groups -OCH3 is 1. The third kappa shape index (κ3) is 4.42. The molecular formula is C20H20N2O4. The highest BCUT2D eigenvalue weighted by molar-refractivity contribution is 5.88. The Labute approximate surface area is 151 Å². The Bertz CT molecular complexity index is 917. The van der Waals surface area contributed by atoms with Crippen molar-refractivity contribution < 1.29 is 19.1 Å². The maximum atomic E-state index is 12.0. The van der Waals surface area contributed by atoms with Gasteiger partial charge >= 0.3 is 5.97 Å². The summed E-state index contributed by atoms with van der Waals surface area (Å²) in [6.07, 6.45) is 1.90. The highest BCUT2D eigenvalue weighted by atomic mass is 16.5. The molecule has 0 aliphatic rings. The summed E-state index contributed by atoms with van der Waals surface area (Å²) < 4.78 is 10.2. The van der Waals surface area contributed by atoms with Gasteiger partial charge in [-0.1, -0.05) is 30.3 Å². The summed E-state index contributed by atoms with van der Waals surface area (Å²) in [5, 5.41) is 3.69. The fraction of sp³-hybridized carbons (Fsp3) is 0.200. The Hall–Kier alpha value is -3.28. The molecule has 0 unspecified atom stereocenters. The summed E-state index contributed by atoms with van der Waals surface area (Å²) in [5.41, 5.74) is 2.72. The van der Waals surface area contributed by atoms with Gasteiger partial charge < -0.3 is 19.8 Å². The van der Waals surface area contributed by atoms with Gasteiger partial charge in [0.15, 0.2) is 6.61 Å². The molecule has 1 amide bonds. The van der Waals surface area contributed by atoms with Crippen molar-refractivity contribution in [3.8, 4) is 5.75 Å². The molecule has 1 aromatic heterocycles. The lowest BCUT2D eigenvalue weighted by atomic mass is 10.1. The molecule has 0 spiro atoms. The van der Waals surface area contributed by atoms with Crippen LogP contribution in [0.2, 0.25) is 0 Å². The zero-order chi connectivity index (χ0) is 18.4. The predicted molar refractivity (Wildman–Crippen MR) is 97.8 cm³/mol. The SMILES string of the molecule is COc1cccc(CNC(=O)COC(=O)Cc2c[nH]c3ccccc23)c1. The lowest BCUT2D eigenvalue weighted by molar-refractivity contribution is -0.147. The van der Waals surface area contributed by atoms with E-state index in [-0.39, 0.29) is 18.9 Å². The normalized spacial score (nSPS) is 10.5. The zero-order valence-electron chi connectivity index (χ0n) is 14.5. The lowest BCUT2D eigenvalue weighted by Crippen LogP contribution is -2.28. The Kier molecular flexibility index (Phi) is 5.53. The lowest BCUT2D eigenvalue weighted by Gasteiger charge is -2.08. The number of carbonyl (C=O) groups excluding carboxylic acids is 2. The van der Waals surface area contributed by atoms with Gasteiger partial charge in [-0.15, -0.1) is 0 Å². The van der Waals surface area contributed by atoms with Crippen LogP contribution in [0.5, 0.6) is 5.75 Å². The summed E-state index contributed by atoms with van der Waals surface area (Å²) >= 11 is 0. The topological polar surface area (TPSA) is 80.4 Å². The summed E-state index contributed by atoms with van der Waals surface area (Å²) in [6.45, 7) is 0.0428. The minimum Gasteiger partial charge on any atom is -0.497 e. The maximum absolute atomic E-state index is 12.0. The van der Waals surface area contributed by atoms with Crippen LogP contribution >= 0.6 is 0 Å². The molecule has 0 radical (unpaired) electrons. The fourth-order valence-electron chi connectivity index (χ4n) is 2.66. The summed E-state index contributed by atoms with van der Waals surface area (Å²) in [7, 11) is 1.59. The second-order valence-electron chi connectivity index (χ2n) is 5.83. The molecule has 3 aromatic rings. The van der Waals surface area contributed by atoms with E-state index in [0.29, 0.717) is 6.54 Å². The second kappa shape index (κ2) is 8.20. The van der Waals surface area contributed by atoms with E-state index >= 15 is 0 Å². The molecule has 134 valence electrons. The summed E-state index contributed by atoms with van der Waals surface area (Å²) in [6, 6.07) is 15.1. The van der Waals surface area contributed by atoms with Crippen LogP contribution in [-0.4, -0.2) is 30.6 Å². The summed E-state index contributed by atoms with van der Waals surface area (Å²) in [4.78, 5) is 27.0. The maximum Gasteiger partial charge on any atom is 0.310 e. The number of carbonyl (C=O) groups is 2. The van der Waals surface area contributed by atoms with E-state index in [0.717, 1.165) is 27.8 Å². The third-order valence-electron chi connectivity index (χ3n) is 4.00. The van der Waals surface area contributed by atoms with Gasteiger partial charge in [-0.3, -0.25) is 9.59 Å². The van der Waals surface area contributed by atoms with Gasteiger partial charge in [-0.2, -0.15) is 0 Å². The molecule has 26 heavy (non-hydrogen) atoms. The van der Waals surface area contributed by atoms with Crippen LogP contribution in [0.15, 0.2) is 54.7 Å². The van der Waals surface area contributed by atoms with Crippen molar-refractivity contribution in [2.24, 2.45) is 0 Å². The molecule has 6 nitrogen and oxygen atoms in total. The van der Waals surface area contributed by atoms with E-state index in [1.165, 1.54) is 0 Å². The van der Waals surface area contributed by atoms with Crippen LogP contribution in [0.3, 0.4) is 0 Å². The first-order chi connectivity index (χ1) is 12.7. The van der Waals surface area contributed by atoms with E-state index in [1.54, 1.807) is 13.3 Å². The Morgan fingerprint density at radius 2 is 1.96 bits per heavy atom. The number of hydrogen-bond acceptors (Lipinski definition) is 4. The van der Waals surface area contributed by atoms with E-state index < -0.39 is 5.97 Å². The monoisotopic (exact) mass is 352 g/mol. The fourth-order valence-corrected chi connectivity index (χ4v) is 2.66. The smallest absolute Gasteiger partial charge is 0.310 e. The van der Waals surface area contributed by atoms with Crippen LogP contribution in [-0.2, 0) is 27.3 Å². The average molecular weight is 352 g/mol. The van der Waals surface area contributed by atoms with E-state index in [4.69, 9.17) is 9.47 Å². The number of ether oxygens (including phenoxy) is 2. The van der Waals surface area contributed by atoms with E-state index in [9.17, 15) is 9.59 Å². The molecule has 2 N–H and O–H groups in total. The predicted octanol–water partition coefficient (Wildman–Crippen LogP) is 2.58. The highest BCUT2D eigenvalue weighted by Gasteiger charge is 2.11. The van der Waals surface area contributed by atoms with Crippen LogP contribution in [0.1, 0.15) is 11.1 Å². The van der Waals surface area contributed by atoms with Crippen LogP contribution in [0.25, 0.3) is 10.9 Å². The molecule has 0 aliphatic carbocycles. The van der Waals surface area contributed by atoms with Crippen LogP contribution in [0.4, 0.5) is 0 Å². The molecule has 0 atom stereocenters. The number of nitrogens with one attached hydrogen (secondary N) is 2. The number of para-hydroxylation sites is 1.